The maximum Gasteiger partial charge on any atom is 0.160 e. The summed E-state index contributed by atoms with van der Waals surface area (Å²) in [7, 11) is 0. The highest BCUT2D eigenvalue weighted by Crippen LogP contribution is 2.26. The van der Waals surface area contributed by atoms with Crippen LogP contribution in [-0.2, 0) is 0 Å². The molecule has 0 saturated carbocycles. The van der Waals surface area contributed by atoms with Crippen LogP contribution in [0.15, 0.2) is 49.1 Å². The lowest BCUT2D eigenvalue weighted by atomic mass is 10.3. The van der Waals surface area contributed by atoms with Crippen molar-refractivity contribution in [2.45, 2.75) is 6.92 Å². The van der Waals surface area contributed by atoms with Gasteiger partial charge in [0.25, 0.3) is 0 Å². The minimum absolute atomic E-state index is 0.399. The summed E-state index contributed by atoms with van der Waals surface area (Å²) in [5, 5.41) is 6.15. The zero-order valence-electron chi connectivity index (χ0n) is 12.0. The van der Waals surface area contributed by atoms with Crippen molar-refractivity contribution in [3.63, 3.8) is 0 Å². The first-order valence-electron chi connectivity index (χ1n) is 6.70. The number of aromatic nitrogens is 4. The molecule has 22 heavy (non-hydrogen) atoms. The van der Waals surface area contributed by atoms with Gasteiger partial charge in [0.2, 0.25) is 0 Å². The van der Waals surface area contributed by atoms with E-state index in [1.165, 1.54) is 6.33 Å². The second-order valence-corrected chi connectivity index (χ2v) is 4.67. The van der Waals surface area contributed by atoms with E-state index in [0.29, 0.717) is 29.0 Å². The number of rotatable bonds is 4. The fourth-order valence-corrected chi connectivity index (χ4v) is 1.88. The SMILES string of the molecule is Cc1ccnc(Nc2ncnc(Nc3ccccn3)c2N)c1. The molecule has 3 rings (SSSR count). The van der Waals surface area contributed by atoms with E-state index in [4.69, 9.17) is 5.73 Å². The van der Waals surface area contributed by atoms with E-state index in [2.05, 4.69) is 30.6 Å². The number of nitrogens with one attached hydrogen (secondary N) is 2. The number of pyridine rings is 2. The van der Waals surface area contributed by atoms with Gasteiger partial charge in [-0.15, -0.1) is 0 Å². The Kier molecular flexibility index (Phi) is 3.78. The van der Waals surface area contributed by atoms with Crippen LogP contribution in [0.3, 0.4) is 0 Å². The first-order valence-corrected chi connectivity index (χ1v) is 6.70. The molecule has 0 radical (unpaired) electrons. The van der Waals surface area contributed by atoms with E-state index in [9.17, 15) is 0 Å². The van der Waals surface area contributed by atoms with Gasteiger partial charge >= 0.3 is 0 Å². The highest BCUT2D eigenvalue weighted by atomic mass is 15.1. The molecule has 3 aromatic heterocycles. The summed E-state index contributed by atoms with van der Waals surface area (Å²) in [6.45, 7) is 1.99. The van der Waals surface area contributed by atoms with Crippen molar-refractivity contribution >= 4 is 29.0 Å². The number of hydrogen-bond donors (Lipinski definition) is 3. The van der Waals surface area contributed by atoms with Gasteiger partial charge in [0, 0.05) is 12.4 Å². The third kappa shape index (κ3) is 3.09. The van der Waals surface area contributed by atoms with Gasteiger partial charge < -0.3 is 16.4 Å². The second-order valence-electron chi connectivity index (χ2n) is 4.67. The molecule has 3 heterocycles. The average molecular weight is 293 g/mol. The van der Waals surface area contributed by atoms with Crippen LogP contribution in [0.4, 0.5) is 29.0 Å². The Morgan fingerprint density at radius 3 is 2.27 bits per heavy atom. The standard InChI is InChI=1S/C15H15N7/c1-10-5-7-18-12(8-10)22-15-13(16)14(19-9-20-15)21-11-4-2-3-6-17-11/h2-9H,16H2,1H3,(H2,17,18,19,20,21,22). The van der Waals surface area contributed by atoms with Gasteiger partial charge in [0.15, 0.2) is 11.6 Å². The first kappa shape index (κ1) is 13.7. The normalized spacial score (nSPS) is 10.2. The van der Waals surface area contributed by atoms with Gasteiger partial charge in [0.1, 0.15) is 23.7 Å². The zero-order valence-corrected chi connectivity index (χ0v) is 12.0. The van der Waals surface area contributed by atoms with Crippen LogP contribution < -0.4 is 16.4 Å². The summed E-state index contributed by atoms with van der Waals surface area (Å²) >= 11 is 0. The Morgan fingerprint density at radius 2 is 1.59 bits per heavy atom. The molecule has 110 valence electrons. The van der Waals surface area contributed by atoms with Gasteiger partial charge in [-0.05, 0) is 36.8 Å². The van der Waals surface area contributed by atoms with E-state index in [1.54, 1.807) is 12.4 Å². The summed E-state index contributed by atoms with van der Waals surface area (Å²) in [5.74, 6) is 2.32. The lowest BCUT2D eigenvalue weighted by molar-refractivity contribution is 1.15. The molecular formula is C15H15N7. The summed E-state index contributed by atoms with van der Waals surface area (Å²) in [5.41, 5.74) is 7.61. The zero-order chi connectivity index (χ0) is 15.4. The van der Waals surface area contributed by atoms with Gasteiger partial charge in [-0.25, -0.2) is 19.9 Å². The molecule has 7 heteroatoms. The molecule has 3 aromatic rings. The predicted molar refractivity (Wildman–Crippen MR) is 86.2 cm³/mol. The van der Waals surface area contributed by atoms with Crippen molar-refractivity contribution in [2.75, 3.05) is 16.4 Å². The fourth-order valence-electron chi connectivity index (χ4n) is 1.88. The minimum Gasteiger partial charge on any atom is -0.393 e. The second kappa shape index (κ2) is 6.04. The Balaban J connectivity index is 1.86. The lowest BCUT2D eigenvalue weighted by Gasteiger charge is -2.11. The molecule has 7 nitrogen and oxygen atoms in total. The van der Waals surface area contributed by atoms with E-state index in [0.717, 1.165) is 5.56 Å². The topological polar surface area (TPSA) is 102 Å². The molecule has 0 unspecified atom stereocenters. The molecule has 0 aliphatic heterocycles. The maximum atomic E-state index is 6.11. The molecule has 0 aliphatic carbocycles. The molecule has 0 aromatic carbocycles. The number of nitrogens with zero attached hydrogens (tertiary/aromatic N) is 4. The number of hydrogen-bond acceptors (Lipinski definition) is 7. The maximum absolute atomic E-state index is 6.11. The number of aryl methyl sites for hydroxylation is 1. The van der Waals surface area contributed by atoms with Crippen LogP contribution in [-0.4, -0.2) is 19.9 Å². The third-order valence-corrected chi connectivity index (χ3v) is 2.96. The van der Waals surface area contributed by atoms with Gasteiger partial charge in [-0.3, -0.25) is 0 Å². The van der Waals surface area contributed by atoms with Crippen LogP contribution in [0, 0.1) is 6.92 Å². The van der Waals surface area contributed by atoms with Gasteiger partial charge in [-0.1, -0.05) is 6.07 Å². The van der Waals surface area contributed by atoms with Crippen molar-refractivity contribution in [3.05, 3.63) is 54.6 Å². The fraction of sp³-hybridized carbons (Fsp3) is 0.0667. The van der Waals surface area contributed by atoms with Crippen molar-refractivity contribution in [3.8, 4) is 0 Å². The van der Waals surface area contributed by atoms with Crippen molar-refractivity contribution in [1.82, 2.24) is 19.9 Å². The molecule has 0 aliphatic rings. The molecule has 4 N–H and O–H groups in total. The van der Waals surface area contributed by atoms with Gasteiger partial charge in [0.05, 0.1) is 0 Å². The quantitative estimate of drug-likeness (QED) is 0.679. The van der Waals surface area contributed by atoms with Crippen LogP contribution in [0.2, 0.25) is 0 Å². The van der Waals surface area contributed by atoms with Crippen LogP contribution in [0.1, 0.15) is 5.56 Å². The van der Waals surface area contributed by atoms with Crippen LogP contribution in [0.25, 0.3) is 0 Å². The monoisotopic (exact) mass is 293 g/mol. The largest absolute Gasteiger partial charge is 0.393 e. The molecule has 0 spiro atoms. The summed E-state index contributed by atoms with van der Waals surface area (Å²) in [6, 6.07) is 9.38. The number of nitrogens with two attached hydrogens (primary N) is 1. The van der Waals surface area contributed by atoms with Crippen molar-refractivity contribution < 1.29 is 0 Å². The van der Waals surface area contributed by atoms with Crippen molar-refractivity contribution in [2.24, 2.45) is 0 Å². The van der Waals surface area contributed by atoms with E-state index in [1.807, 2.05) is 37.3 Å². The summed E-state index contributed by atoms with van der Waals surface area (Å²) in [4.78, 5) is 16.7. The lowest BCUT2D eigenvalue weighted by Crippen LogP contribution is -2.06. The highest BCUT2D eigenvalue weighted by molar-refractivity contribution is 5.79. The Bertz CT molecular complexity index is 774. The van der Waals surface area contributed by atoms with E-state index >= 15 is 0 Å². The van der Waals surface area contributed by atoms with E-state index in [-0.39, 0.29) is 0 Å². The Morgan fingerprint density at radius 1 is 0.864 bits per heavy atom. The first-order chi connectivity index (χ1) is 10.7. The predicted octanol–water partition coefficient (Wildman–Crippen LogP) is 2.64. The number of nitrogen functional groups attached to an aromatic ring is 1. The van der Waals surface area contributed by atoms with Gasteiger partial charge in [-0.2, -0.15) is 0 Å². The molecule has 0 amide bonds. The minimum atomic E-state index is 0.399. The smallest absolute Gasteiger partial charge is 0.160 e. The highest BCUT2D eigenvalue weighted by Gasteiger charge is 2.09. The molecule has 0 bridgehead atoms. The van der Waals surface area contributed by atoms with Crippen molar-refractivity contribution in [1.29, 1.82) is 0 Å². The summed E-state index contributed by atoms with van der Waals surface area (Å²) < 4.78 is 0. The number of anilines is 5. The molecule has 0 atom stereocenters. The van der Waals surface area contributed by atoms with Crippen LogP contribution in [0.5, 0.6) is 0 Å². The third-order valence-electron chi connectivity index (χ3n) is 2.96. The average Bonchev–Trinajstić information content (AvgIpc) is 2.52. The molecule has 0 fully saturated rings. The Hall–Kier alpha value is -3.22. The molecule has 0 saturated heterocycles. The summed E-state index contributed by atoms with van der Waals surface area (Å²) in [6.07, 6.45) is 4.84. The van der Waals surface area contributed by atoms with Crippen LogP contribution >= 0.6 is 0 Å². The van der Waals surface area contributed by atoms with E-state index < -0.39 is 0 Å². The molecular weight excluding hydrogens is 278 g/mol. The Labute approximate surface area is 127 Å².